The number of imidazole rings is 1. The first-order chi connectivity index (χ1) is 13.0. The van der Waals surface area contributed by atoms with Crippen LogP contribution in [0.3, 0.4) is 0 Å². The summed E-state index contributed by atoms with van der Waals surface area (Å²) in [6, 6.07) is 7.00. The van der Waals surface area contributed by atoms with E-state index in [0.29, 0.717) is 19.4 Å². The zero-order chi connectivity index (χ0) is 19.4. The molecule has 3 atom stereocenters. The Morgan fingerprint density at radius 2 is 2.19 bits per heavy atom. The highest BCUT2D eigenvalue weighted by molar-refractivity contribution is 5.91. The van der Waals surface area contributed by atoms with Crippen molar-refractivity contribution in [1.82, 2.24) is 20.2 Å². The number of benzene rings is 1. The normalized spacial score (nSPS) is 21.7. The van der Waals surface area contributed by atoms with Crippen molar-refractivity contribution in [2.75, 3.05) is 7.11 Å². The van der Waals surface area contributed by atoms with Crippen LogP contribution >= 0.6 is 0 Å². The van der Waals surface area contributed by atoms with Gasteiger partial charge in [0.2, 0.25) is 5.91 Å². The molecule has 0 bridgehead atoms. The summed E-state index contributed by atoms with van der Waals surface area (Å²) < 4.78 is 6.78. The summed E-state index contributed by atoms with van der Waals surface area (Å²) in [5.41, 5.74) is 0.931. The second-order valence-electron chi connectivity index (χ2n) is 6.75. The van der Waals surface area contributed by atoms with Crippen LogP contribution in [-0.4, -0.2) is 45.7 Å². The molecule has 0 aliphatic heterocycles. The van der Waals surface area contributed by atoms with Gasteiger partial charge in [-0.25, -0.2) is 4.98 Å². The molecule has 3 rings (SSSR count). The van der Waals surface area contributed by atoms with E-state index >= 15 is 0 Å². The summed E-state index contributed by atoms with van der Waals surface area (Å²) in [6.45, 7) is 0.382. The minimum atomic E-state index is -0.762. The molecule has 1 aliphatic carbocycles. The van der Waals surface area contributed by atoms with E-state index in [4.69, 9.17) is 4.74 Å². The molecular weight excluding hydrogens is 348 g/mol. The molecule has 0 saturated heterocycles. The molecule has 2 aromatic rings. The molecule has 1 aliphatic rings. The Morgan fingerprint density at radius 3 is 2.89 bits per heavy atom. The molecular formula is C19H24N4O4. The number of ether oxygens (including phenoxy) is 1. The molecule has 27 heavy (non-hydrogen) atoms. The number of aryl methyl sites for hydroxylation is 1. The summed E-state index contributed by atoms with van der Waals surface area (Å²) in [6.07, 6.45) is 3.15. The zero-order valence-electron chi connectivity index (χ0n) is 15.4. The fraction of sp³-hybridized carbons (Fsp3) is 0.421. The standard InChI is InChI=1S/C19H24N4O4/c1-23-7-6-20-17(23)19(26)22-15-9-13(10-16(15)24)18(25)21-11-12-4-3-5-14(8-12)27-2/h3-8,13,15-16,24H,9-11H2,1-2H3,(H,21,25)(H,22,26)/t13-,15-,16-/m0/s1. The van der Waals surface area contributed by atoms with Crippen LogP contribution in [-0.2, 0) is 18.4 Å². The average Bonchev–Trinajstić information content (AvgIpc) is 3.25. The van der Waals surface area contributed by atoms with Crippen molar-refractivity contribution in [2.45, 2.75) is 31.5 Å². The van der Waals surface area contributed by atoms with Gasteiger partial charge in [-0.1, -0.05) is 12.1 Å². The molecule has 1 aromatic heterocycles. The van der Waals surface area contributed by atoms with Gasteiger partial charge in [0.15, 0.2) is 5.82 Å². The van der Waals surface area contributed by atoms with Gasteiger partial charge in [0, 0.05) is 31.9 Å². The molecule has 1 aromatic carbocycles. The van der Waals surface area contributed by atoms with E-state index < -0.39 is 12.1 Å². The van der Waals surface area contributed by atoms with Gasteiger partial charge in [-0.2, -0.15) is 0 Å². The Bertz CT molecular complexity index is 820. The third-order valence-corrected chi connectivity index (χ3v) is 4.84. The summed E-state index contributed by atoms with van der Waals surface area (Å²) in [4.78, 5) is 28.7. The number of carbonyl (C=O) groups excluding carboxylic acids is 2. The molecule has 1 fully saturated rings. The number of aliphatic hydroxyl groups excluding tert-OH is 1. The maximum absolute atomic E-state index is 12.5. The number of carbonyl (C=O) groups is 2. The zero-order valence-corrected chi connectivity index (χ0v) is 15.4. The second-order valence-corrected chi connectivity index (χ2v) is 6.75. The number of rotatable bonds is 6. The van der Waals surface area contributed by atoms with Gasteiger partial charge in [-0.05, 0) is 30.5 Å². The van der Waals surface area contributed by atoms with E-state index in [9.17, 15) is 14.7 Å². The molecule has 0 spiro atoms. The number of nitrogens with zero attached hydrogens (tertiary/aromatic N) is 2. The highest BCUT2D eigenvalue weighted by Crippen LogP contribution is 2.27. The van der Waals surface area contributed by atoms with Crippen LogP contribution in [0.1, 0.15) is 29.0 Å². The quantitative estimate of drug-likeness (QED) is 0.689. The van der Waals surface area contributed by atoms with E-state index in [1.807, 2.05) is 24.3 Å². The lowest BCUT2D eigenvalue weighted by molar-refractivity contribution is -0.125. The van der Waals surface area contributed by atoms with E-state index in [0.717, 1.165) is 11.3 Å². The van der Waals surface area contributed by atoms with Crippen molar-refractivity contribution in [3.63, 3.8) is 0 Å². The molecule has 8 heteroatoms. The highest BCUT2D eigenvalue weighted by atomic mass is 16.5. The molecule has 1 heterocycles. The average molecular weight is 372 g/mol. The number of aromatic nitrogens is 2. The van der Waals surface area contributed by atoms with Crippen molar-refractivity contribution >= 4 is 11.8 Å². The lowest BCUT2D eigenvalue weighted by Gasteiger charge is -2.16. The number of methoxy groups -OCH3 is 1. The molecule has 1 saturated carbocycles. The van der Waals surface area contributed by atoms with E-state index in [1.54, 1.807) is 24.9 Å². The van der Waals surface area contributed by atoms with Crippen LogP contribution in [0, 0.1) is 5.92 Å². The van der Waals surface area contributed by atoms with Gasteiger partial charge in [0.1, 0.15) is 5.75 Å². The first-order valence-electron chi connectivity index (χ1n) is 8.85. The van der Waals surface area contributed by atoms with Gasteiger partial charge in [-0.15, -0.1) is 0 Å². The fourth-order valence-electron chi connectivity index (χ4n) is 3.32. The molecule has 0 unspecified atom stereocenters. The Balaban J connectivity index is 1.53. The molecule has 144 valence electrons. The van der Waals surface area contributed by atoms with E-state index in [1.165, 1.54) is 6.20 Å². The van der Waals surface area contributed by atoms with E-state index in [2.05, 4.69) is 15.6 Å². The molecule has 2 amide bonds. The Morgan fingerprint density at radius 1 is 1.37 bits per heavy atom. The van der Waals surface area contributed by atoms with Gasteiger partial charge < -0.3 is 25.0 Å². The van der Waals surface area contributed by atoms with Crippen molar-refractivity contribution < 1.29 is 19.4 Å². The van der Waals surface area contributed by atoms with Crippen LogP contribution in [0.5, 0.6) is 5.75 Å². The van der Waals surface area contributed by atoms with Crippen molar-refractivity contribution in [2.24, 2.45) is 13.0 Å². The Hall–Kier alpha value is -2.87. The minimum Gasteiger partial charge on any atom is -0.497 e. The number of nitrogens with one attached hydrogen (secondary N) is 2. The lowest BCUT2D eigenvalue weighted by Crippen LogP contribution is -2.41. The van der Waals surface area contributed by atoms with E-state index in [-0.39, 0.29) is 23.6 Å². The molecule has 8 nitrogen and oxygen atoms in total. The van der Waals surface area contributed by atoms with Gasteiger partial charge in [0.25, 0.3) is 5.91 Å². The van der Waals surface area contributed by atoms with Gasteiger partial charge >= 0.3 is 0 Å². The predicted molar refractivity (Wildman–Crippen MR) is 98.0 cm³/mol. The number of hydrogen-bond donors (Lipinski definition) is 3. The van der Waals surface area contributed by atoms with Crippen LogP contribution in [0.2, 0.25) is 0 Å². The van der Waals surface area contributed by atoms with Crippen LogP contribution in [0.4, 0.5) is 0 Å². The third-order valence-electron chi connectivity index (χ3n) is 4.84. The molecule has 0 radical (unpaired) electrons. The summed E-state index contributed by atoms with van der Waals surface area (Å²) >= 11 is 0. The maximum Gasteiger partial charge on any atom is 0.287 e. The minimum absolute atomic E-state index is 0.134. The first kappa shape index (κ1) is 18.9. The smallest absolute Gasteiger partial charge is 0.287 e. The number of hydrogen-bond acceptors (Lipinski definition) is 5. The van der Waals surface area contributed by atoms with Gasteiger partial charge in [-0.3, -0.25) is 9.59 Å². The molecule has 3 N–H and O–H groups in total. The summed E-state index contributed by atoms with van der Waals surface area (Å²) in [5.74, 6) is 0.162. The summed E-state index contributed by atoms with van der Waals surface area (Å²) in [5, 5.41) is 15.9. The highest BCUT2D eigenvalue weighted by Gasteiger charge is 2.38. The predicted octanol–water partition coefficient (Wildman–Crippen LogP) is 0.614. The first-order valence-corrected chi connectivity index (χ1v) is 8.85. The number of aliphatic hydroxyl groups is 1. The summed E-state index contributed by atoms with van der Waals surface area (Å²) in [7, 11) is 3.32. The largest absolute Gasteiger partial charge is 0.497 e. The SMILES string of the molecule is COc1cccc(CNC(=O)[C@H]2C[C@H](NC(=O)c3nccn3C)[C@@H](O)C2)c1. The fourth-order valence-corrected chi connectivity index (χ4v) is 3.32. The third kappa shape index (κ3) is 4.46. The Kier molecular flexibility index (Phi) is 5.75. The van der Waals surface area contributed by atoms with Crippen LogP contribution in [0.25, 0.3) is 0 Å². The Labute approximate surface area is 157 Å². The van der Waals surface area contributed by atoms with Crippen LogP contribution < -0.4 is 15.4 Å². The maximum atomic E-state index is 12.5. The monoisotopic (exact) mass is 372 g/mol. The van der Waals surface area contributed by atoms with Crippen LogP contribution in [0.15, 0.2) is 36.7 Å². The van der Waals surface area contributed by atoms with Crippen molar-refractivity contribution in [1.29, 1.82) is 0 Å². The topological polar surface area (TPSA) is 105 Å². The second kappa shape index (κ2) is 8.22. The van der Waals surface area contributed by atoms with Crippen molar-refractivity contribution in [3.8, 4) is 5.75 Å². The van der Waals surface area contributed by atoms with Crippen molar-refractivity contribution in [3.05, 3.63) is 48.0 Å². The number of amides is 2. The van der Waals surface area contributed by atoms with Gasteiger partial charge in [0.05, 0.1) is 19.3 Å². The lowest BCUT2D eigenvalue weighted by atomic mass is 10.1.